The standard InChI is InChI=1S/C22H20FNO2/c1-24(15-17-9-6-8-14-21(17)23)22(25)20-13-7-5-10-18(20)16-26-19-11-3-2-4-12-19/h2-14H,15-16H2,1H3. The molecule has 0 bridgehead atoms. The lowest BCUT2D eigenvalue weighted by Crippen LogP contribution is -2.27. The summed E-state index contributed by atoms with van der Waals surface area (Å²) in [5.74, 6) is 0.267. The van der Waals surface area contributed by atoms with Gasteiger partial charge >= 0.3 is 0 Å². The highest BCUT2D eigenvalue weighted by atomic mass is 19.1. The average molecular weight is 349 g/mol. The zero-order chi connectivity index (χ0) is 18.4. The van der Waals surface area contributed by atoms with Crippen LogP contribution in [-0.2, 0) is 13.2 Å². The molecule has 0 saturated heterocycles. The molecule has 0 aliphatic heterocycles. The molecule has 3 nitrogen and oxygen atoms in total. The van der Waals surface area contributed by atoms with Gasteiger partial charge in [-0.3, -0.25) is 4.79 Å². The van der Waals surface area contributed by atoms with Crippen LogP contribution in [0.1, 0.15) is 21.5 Å². The van der Waals surface area contributed by atoms with Gasteiger partial charge in [0.1, 0.15) is 18.2 Å². The zero-order valence-electron chi connectivity index (χ0n) is 14.6. The molecular formula is C22H20FNO2. The largest absolute Gasteiger partial charge is 0.489 e. The monoisotopic (exact) mass is 349 g/mol. The van der Waals surface area contributed by atoms with E-state index >= 15 is 0 Å². The summed E-state index contributed by atoms with van der Waals surface area (Å²) in [6.45, 7) is 0.499. The lowest BCUT2D eigenvalue weighted by atomic mass is 10.1. The molecule has 0 aliphatic rings. The number of para-hydroxylation sites is 1. The van der Waals surface area contributed by atoms with Crippen LogP contribution in [0.2, 0.25) is 0 Å². The number of carbonyl (C=O) groups excluding carboxylic acids is 1. The lowest BCUT2D eigenvalue weighted by Gasteiger charge is -2.19. The summed E-state index contributed by atoms with van der Waals surface area (Å²) in [5, 5.41) is 0. The van der Waals surface area contributed by atoms with Gasteiger partial charge in [-0.05, 0) is 24.3 Å². The van der Waals surface area contributed by atoms with Crippen molar-refractivity contribution in [3.05, 3.63) is 101 Å². The highest BCUT2D eigenvalue weighted by Crippen LogP contribution is 2.17. The van der Waals surface area contributed by atoms with Gasteiger partial charge in [0, 0.05) is 30.3 Å². The van der Waals surface area contributed by atoms with Crippen molar-refractivity contribution in [1.82, 2.24) is 4.90 Å². The number of hydrogen-bond donors (Lipinski definition) is 0. The minimum Gasteiger partial charge on any atom is -0.489 e. The fourth-order valence-electron chi connectivity index (χ4n) is 2.69. The molecule has 4 heteroatoms. The van der Waals surface area contributed by atoms with Gasteiger partial charge in [0.25, 0.3) is 5.91 Å². The highest BCUT2D eigenvalue weighted by Gasteiger charge is 2.17. The van der Waals surface area contributed by atoms with E-state index in [9.17, 15) is 9.18 Å². The molecule has 0 spiro atoms. The molecule has 0 radical (unpaired) electrons. The Kier molecular flexibility index (Phi) is 5.64. The molecule has 0 aromatic heterocycles. The summed E-state index contributed by atoms with van der Waals surface area (Å²) in [6, 6.07) is 23.3. The Hall–Kier alpha value is -3.14. The number of halogens is 1. The van der Waals surface area contributed by atoms with E-state index in [0.717, 1.165) is 11.3 Å². The molecular weight excluding hydrogens is 329 g/mol. The Balaban J connectivity index is 1.73. The lowest BCUT2D eigenvalue weighted by molar-refractivity contribution is 0.0781. The van der Waals surface area contributed by atoms with E-state index in [4.69, 9.17) is 4.74 Å². The van der Waals surface area contributed by atoms with Crippen molar-refractivity contribution in [2.75, 3.05) is 7.05 Å². The average Bonchev–Trinajstić information content (AvgIpc) is 2.68. The molecule has 3 aromatic carbocycles. The maximum Gasteiger partial charge on any atom is 0.254 e. The fourth-order valence-corrected chi connectivity index (χ4v) is 2.69. The Morgan fingerprint density at radius 2 is 1.50 bits per heavy atom. The third kappa shape index (κ3) is 4.28. The molecule has 0 fully saturated rings. The van der Waals surface area contributed by atoms with E-state index in [2.05, 4.69) is 0 Å². The predicted molar refractivity (Wildman–Crippen MR) is 99.4 cm³/mol. The molecule has 0 heterocycles. The summed E-state index contributed by atoms with van der Waals surface area (Å²) in [5.41, 5.74) is 1.84. The van der Waals surface area contributed by atoms with Gasteiger partial charge in [0.2, 0.25) is 0 Å². The van der Waals surface area contributed by atoms with E-state index < -0.39 is 0 Å². The summed E-state index contributed by atoms with van der Waals surface area (Å²) >= 11 is 0. The second-order valence-corrected chi connectivity index (χ2v) is 6.01. The van der Waals surface area contributed by atoms with Crippen LogP contribution < -0.4 is 4.74 Å². The van der Waals surface area contributed by atoms with E-state index in [-0.39, 0.29) is 18.3 Å². The number of hydrogen-bond acceptors (Lipinski definition) is 2. The third-order valence-corrected chi connectivity index (χ3v) is 4.10. The van der Waals surface area contributed by atoms with E-state index in [0.29, 0.717) is 17.7 Å². The van der Waals surface area contributed by atoms with Gasteiger partial charge < -0.3 is 9.64 Å². The molecule has 0 N–H and O–H groups in total. The Labute approximate surface area is 152 Å². The minimum absolute atomic E-state index is 0.166. The van der Waals surface area contributed by atoms with Crippen LogP contribution in [0.3, 0.4) is 0 Å². The van der Waals surface area contributed by atoms with Gasteiger partial charge in [-0.2, -0.15) is 0 Å². The molecule has 132 valence electrons. The molecule has 1 amide bonds. The third-order valence-electron chi connectivity index (χ3n) is 4.10. The SMILES string of the molecule is CN(Cc1ccccc1F)C(=O)c1ccccc1COc1ccccc1. The van der Waals surface area contributed by atoms with Crippen molar-refractivity contribution in [1.29, 1.82) is 0 Å². The van der Waals surface area contributed by atoms with Gasteiger partial charge in [-0.25, -0.2) is 4.39 Å². The first-order valence-electron chi connectivity index (χ1n) is 8.40. The van der Waals surface area contributed by atoms with Gasteiger partial charge in [-0.15, -0.1) is 0 Å². The first-order valence-corrected chi connectivity index (χ1v) is 8.40. The number of nitrogens with zero attached hydrogens (tertiary/aromatic N) is 1. The van der Waals surface area contributed by atoms with Gasteiger partial charge in [0.15, 0.2) is 0 Å². The van der Waals surface area contributed by atoms with Gasteiger partial charge in [0.05, 0.1) is 0 Å². The summed E-state index contributed by atoms with van der Waals surface area (Å²) in [6.07, 6.45) is 0. The molecule has 3 aromatic rings. The topological polar surface area (TPSA) is 29.5 Å². The number of ether oxygens (including phenoxy) is 1. The minimum atomic E-state index is -0.312. The van der Waals surface area contributed by atoms with Crippen LogP contribution in [0, 0.1) is 5.82 Å². The van der Waals surface area contributed by atoms with Crippen LogP contribution in [-0.4, -0.2) is 17.9 Å². The number of benzene rings is 3. The maximum absolute atomic E-state index is 13.8. The quantitative estimate of drug-likeness (QED) is 0.647. The molecule has 0 atom stereocenters. The summed E-state index contributed by atoms with van der Waals surface area (Å²) in [4.78, 5) is 14.4. The Morgan fingerprint density at radius 3 is 2.23 bits per heavy atom. The molecule has 0 aliphatic carbocycles. The zero-order valence-corrected chi connectivity index (χ0v) is 14.6. The Morgan fingerprint density at radius 1 is 0.885 bits per heavy atom. The molecule has 3 rings (SSSR count). The van der Waals surface area contributed by atoms with Crippen LogP contribution in [0.25, 0.3) is 0 Å². The predicted octanol–water partition coefficient (Wildman–Crippen LogP) is 4.68. The number of amides is 1. The van der Waals surface area contributed by atoms with Crippen LogP contribution >= 0.6 is 0 Å². The Bertz CT molecular complexity index is 880. The van der Waals surface area contributed by atoms with Crippen molar-refractivity contribution in [3.8, 4) is 5.75 Å². The van der Waals surface area contributed by atoms with Crippen LogP contribution in [0.5, 0.6) is 5.75 Å². The van der Waals surface area contributed by atoms with Crippen LogP contribution in [0.15, 0.2) is 78.9 Å². The second-order valence-electron chi connectivity index (χ2n) is 6.01. The first kappa shape index (κ1) is 17.7. The highest BCUT2D eigenvalue weighted by molar-refractivity contribution is 5.95. The van der Waals surface area contributed by atoms with Crippen molar-refractivity contribution >= 4 is 5.91 Å². The van der Waals surface area contributed by atoms with E-state index in [1.165, 1.54) is 11.0 Å². The number of carbonyl (C=O) groups is 1. The normalized spacial score (nSPS) is 10.4. The van der Waals surface area contributed by atoms with Crippen molar-refractivity contribution < 1.29 is 13.9 Å². The smallest absolute Gasteiger partial charge is 0.254 e. The van der Waals surface area contributed by atoms with E-state index in [1.54, 1.807) is 31.3 Å². The first-order chi connectivity index (χ1) is 12.6. The second kappa shape index (κ2) is 8.30. The molecule has 0 unspecified atom stereocenters. The molecule has 0 saturated carbocycles. The van der Waals surface area contributed by atoms with Gasteiger partial charge in [-0.1, -0.05) is 54.6 Å². The summed E-state index contributed by atoms with van der Waals surface area (Å²) in [7, 11) is 1.67. The summed E-state index contributed by atoms with van der Waals surface area (Å²) < 4.78 is 19.6. The fraction of sp³-hybridized carbons (Fsp3) is 0.136. The van der Waals surface area contributed by atoms with Crippen molar-refractivity contribution in [2.24, 2.45) is 0 Å². The van der Waals surface area contributed by atoms with Crippen molar-refractivity contribution in [2.45, 2.75) is 13.2 Å². The van der Waals surface area contributed by atoms with E-state index in [1.807, 2.05) is 48.5 Å². The molecule has 26 heavy (non-hydrogen) atoms. The van der Waals surface area contributed by atoms with Crippen LogP contribution in [0.4, 0.5) is 4.39 Å². The number of rotatable bonds is 6. The van der Waals surface area contributed by atoms with Crippen molar-refractivity contribution in [3.63, 3.8) is 0 Å². The maximum atomic E-state index is 13.8.